The molecule has 100 valence electrons. The third-order valence-corrected chi connectivity index (χ3v) is 3.74. The number of hydrogen-bond acceptors (Lipinski definition) is 3. The highest BCUT2D eigenvalue weighted by Crippen LogP contribution is 2.26. The van der Waals surface area contributed by atoms with Gasteiger partial charge in [-0.25, -0.2) is 0 Å². The third-order valence-electron chi connectivity index (χ3n) is 3.74. The quantitative estimate of drug-likeness (QED) is 0.775. The van der Waals surface area contributed by atoms with E-state index in [9.17, 15) is 4.79 Å². The van der Waals surface area contributed by atoms with Gasteiger partial charge >= 0.3 is 5.97 Å². The number of hydrogen-bond donors (Lipinski definition) is 1. The van der Waals surface area contributed by atoms with Crippen molar-refractivity contribution < 1.29 is 14.6 Å². The molecule has 1 aliphatic heterocycles. The summed E-state index contributed by atoms with van der Waals surface area (Å²) in [6, 6.07) is 0.448. The van der Waals surface area contributed by atoms with Crippen LogP contribution in [0.5, 0.6) is 0 Å². The van der Waals surface area contributed by atoms with Crippen molar-refractivity contribution in [2.45, 2.75) is 51.7 Å². The Bertz CT molecular complexity index is 265. The number of methoxy groups -OCH3 is 1. The molecule has 0 radical (unpaired) electrons. The van der Waals surface area contributed by atoms with Crippen LogP contribution in [0.1, 0.15) is 40.0 Å². The largest absolute Gasteiger partial charge is 0.481 e. The summed E-state index contributed by atoms with van der Waals surface area (Å²) in [5.41, 5.74) is -0.107. The Kier molecular flexibility index (Phi) is 4.95. The molecule has 17 heavy (non-hydrogen) atoms. The summed E-state index contributed by atoms with van der Waals surface area (Å²) in [5, 5.41) is 8.78. The summed E-state index contributed by atoms with van der Waals surface area (Å²) in [4.78, 5) is 13.1. The average molecular weight is 243 g/mol. The Hall–Kier alpha value is -0.610. The second-order valence-corrected chi connectivity index (χ2v) is 5.76. The van der Waals surface area contributed by atoms with Gasteiger partial charge in [-0.05, 0) is 46.1 Å². The number of carboxylic acid groups (broad SMARTS) is 1. The van der Waals surface area contributed by atoms with Crippen molar-refractivity contribution in [1.82, 2.24) is 4.90 Å². The molecule has 0 amide bonds. The molecule has 0 saturated carbocycles. The lowest BCUT2D eigenvalue weighted by Crippen LogP contribution is -2.38. The molecule has 4 heteroatoms. The van der Waals surface area contributed by atoms with E-state index in [0.29, 0.717) is 18.4 Å². The first kappa shape index (κ1) is 14.5. The number of likely N-dealkylation sites (tertiary alicyclic amines) is 1. The Morgan fingerprint density at radius 1 is 1.59 bits per heavy atom. The van der Waals surface area contributed by atoms with Gasteiger partial charge in [-0.1, -0.05) is 0 Å². The zero-order valence-electron chi connectivity index (χ0n) is 11.4. The van der Waals surface area contributed by atoms with E-state index < -0.39 is 5.97 Å². The van der Waals surface area contributed by atoms with Gasteiger partial charge in [-0.3, -0.25) is 4.79 Å². The van der Waals surface area contributed by atoms with Crippen molar-refractivity contribution in [2.24, 2.45) is 5.92 Å². The maximum absolute atomic E-state index is 10.7. The van der Waals surface area contributed by atoms with E-state index in [1.54, 1.807) is 7.11 Å². The van der Waals surface area contributed by atoms with Crippen LogP contribution in [0.15, 0.2) is 0 Å². The fourth-order valence-electron chi connectivity index (χ4n) is 2.60. The van der Waals surface area contributed by atoms with Crippen molar-refractivity contribution in [3.63, 3.8) is 0 Å². The van der Waals surface area contributed by atoms with Crippen molar-refractivity contribution in [3.05, 3.63) is 0 Å². The minimum absolute atomic E-state index is 0.107. The maximum atomic E-state index is 10.7. The molecule has 0 bridgehead atoms. The van der Waals surface area contributed by atoms with Gasteiger partial charge in [-0.15, -0.1) is 0 Å². The van der Waals surface area contributed by atoms with Crippen LogP contribution >= 0.6 is 0 Å². The van der Waals surface area contributed by atoms with E-state index in [-0.39, 0.29) is 5.60 Å². The van der Waals surface area contributed by atoms with E-state index in [0.717, 1.165) is 25.9 Å². The van der Waals surface area contributed by atoms with Crippen LogP contribution in [0.3, 0.4) is 0 Å². The number of rotatable bonds is 6. The third kappa shape index (κ3) is 4.64. The Morgan fingerprint density at radius 3 is 2.76 bits per heavy atom. The van der Waals surface area contributed by atoms with Crippen molar-refractivity contribution in [3.8, 4) is 0 Å². The van der Waals surface area contributed by atoms with Crippen LogP contribution in [0.4, 0.5) is 0 Å². The maximum Gasteiger partial charge on any atom is 0.303 e. The molecule has 0 aromatic heterocycles. The molecule has 1 rings (SSSR count). The second-order valence-electron chi connectivity index (χ2n) is 5.76. The molecule has 1 fully saturated rings. The fraction of sp³-hybridized carbons (Fsp3) is 0.923. The van der Waals surface area contributed by atoms with Gasteiger partial charge in [0, 0.05) is 26.1 Å². The molecular formula is C13H25NO3. The Balaban J connectivity index is 2.40. The SMILES string of the molecule is COC(C)(C)CC(C)N1CCC(CC(=O)O)C1. The number of ether oxygens (including phenoxy) is 1. The van der Waals surface area contributed by atoms with E-state index in [4.69, 9.17) is 9.84 Å². The molecule has 0 spiro atoms. The van der Waals surface area contributed by atoms with Gasteiger partial charge in [0.25, 0.3) is 0 Å². The molecule has 0 aromatic rings. The lowest BCUT2D eigenvalue weighted by Gasteiger charge is -2.32. The summed E-state index contributed by atoms with van der Waals surface area (Å²) in [7, 11) is 1.74. The van der Waals surface area contributed by atoms with Gasteiger partial charge < -0.3 is 14.7 Å². The van der Waals surface area contributed by atoms with Gasteiger partial charge in [0.15, 0.2) is 0 Å². The Labute approximate surface area is 104 Å². The lowest BCUT2D eigenvalue weighted by molar-refractivity contribution is -0.138. The molecule has 1 N–H and O–H groups in total. The van der Waals surface area contributed by atoms with Crippen molar-refractivity contribution >= 4 is 5.97 Å². The number of carboxylic acids is 1. The first-order valence-electron chi connectivity index (χ1n) is 6.35. The normalized spacial score (nSPS) is 23.9. The fourth-order valence-corrected chi connectivity index (χ4v) is 2.60. The summed E-state index contributed by atoms with van der Waals surface area (Å²) >= 11 is 0. The summed E-state index contributed by atoms with van der Waals surface area (Å²) in [6.45, 7) is 8.30. The Morgan fingerprint density at radius 2 is 2.24 bits per heavy atom. The number of aliphatic carboxylic acids is 1. The monoisotopic (exact) mass is 243 g/mol. The van der Waals surface area contributed by atoms with Crippen molar-refractivity contribution in [1.29, 1.82) is 0 Å². The molecule has 1 heterocycles. The van der Waals surface area contributed by atoms with Crippen LogP contribution in [0, 0.1) is 5.92 Å². The van der Waals surface area contributed by atoms with Gasteiger partial charge in [0.05, 0.1) is 5.60 Å². The van der Waals surface area contributed by atoms with Crippen LogP contribution in [-0.2, 0) is 9.53 Å². The molecule has 4 nitrogen and oxygen atoms in total. The zero-order chi connectivity index (χ0) is 13.1. The van der Waals surface area contributed by atoms with Gasteiger partial charge in [0.2, 0.25) is 0 Å². The van der Waals surface area contributed by atoms with Crippen LogP contribution in [0.2, 0.25) is 0 Å². The molecule has 1 aliphatic rings. The van der Waals surface area contributed by atoms with E-state index in [1.165, 1.54) is 0 Å². The topological polar surface area (TPSA) is 49.8 Å². The van der Waals surface area contributed by atoms with Crippen LogP contribution < -0.4 is 0 Å². The first-order valence-corrected chi connectivity index (χ1v) is 6.35. The number of nitrogens with zero attached hydrogens (tertiary/aromatic N) is 1. The molecule has 2 unspecified atom stereocenters. The smallest absolute Gasteiger partial charge is 0.303 e. The summed E-state index contributed by atoms with van der Waals surface area (Å²) in [6.07, 6.45) is 2.28. The lowest BCUT2D eigenvalue weighted by atomic mass is 9.99. The van der Waals surface area contributed by atoms with Crippen molar-refractivity contribution in [2.75, 3.05) is 20.2 Å². The zero-order valence-corrected chi connectivity index (χ0v) is 11.4. The summed E-state index contributed by atoms with van der Waals surface area (Å²) in [5.74, 6) is -0.359. The molecule has 2 atom stereocenters. The van der Waals surface area contributed by atoms with Gasteiger partial charge in [0.1, 0.15) is 0 Å². The molecule has 1 saturated heterocycles. The highest BCUT2D eigenvalue weighted by Gasteiger charge is 2.30. The highest BCUT2D eigenvalue weighted by atomic mass is 16.5. The minimum atomic E-state index is -0.679. The van der Waals surface area contributed by atoms with E-state index in [1.807, 2.05) is 0 Å². The van der Waals surface area contributed by atoms with Gasteiger partial charge in [-0.2, -0.15) is 0 Å². The predicted molar refractivity (Wildman–Crippen MR) is 67.1 cm³/mol. The standard InChI is InChI=1S/C13H25NO3/c1-10(8-13(2,3)17-4)14-6-5-11(9-14)7-12(15)16/h10-11H,5-9H2,1-4H3,(H,15,16). The minimum Gasteiger partial charge on any atom is -0.481 e. The van der Waals surface area contributed by atoms with E-state index >= 15 is 0 Å². The van der Waals surface area contributed by atoms with Crippen LogP contribution in [0.25, 0.3) is 0 Å². The first-order chi connectivity index (χ1) is 7.84. The van der Waals surface area contributed by atoms with Crippen LogP contribution in [-0.4, -0.2) is 47.8 Å². The molecule has 0 aliphatic carbocycles. The molecule has 0 aromatic carbocycles. The average Bonchev–Trinajstić information content (AvgIpc) is 2.64. The second kappa shape index (κ2) is 5.83. The highest BCUT2D eigenvalue weighted by molar-refractivity contribution is 5.67. The molecular weight excluding hydrogens is 218 g/mol. The predicted octanol–water partition coefficient (Wildman–Crippen LogP) is 1.99. The summed E-state index contributed by atoms with van der Waals surface area (Å²) < 4.78 is 5.44. The number of carbonyl (C=O) groups is 1. The van der Waals surface area contributed by atoms with E-state index in [2.05, 4.69) is 25.7 Å².